The fourth-order valence-corrected chi connectivity index (χ4v) is 1.92. The summed E-state index contributed by atoms with van der Waals surface area (Å²) in [4.78, 5) is 0. The van der Waals surface area contributed by atoms with Crippen molar-refractivity contribution in [1.29, 1.82) is 0 Å². The zero-order chi connectivity index (χ0) is 9.78. The van der Waals surface area contributed by atoms with Crippen LogP contribution in [0.4, 0.5) is 0 Å². The van der Waals surface area contributed by atoms with Gasteiger partial charge in [-0.3, -0.25) is 0 Å². The lowest BCUT2D eigenvalue weighted by Crippen LogP contribution is -2.22. The van der Waals surface area contributed by atoms with E-state index in [1.54, 1.807) is 0 Å². The Hall–Kier alpha value is 0. The van der Waals surface area contributed by atoms with Gasteiger partial charge in [-0.2, -0.15) is 0 Å². The van der Waals surface area contributed by atoms with Crippen LogP contribution in [0.3, 0.4) is 0 Å². The van der Waals surface area contributed by atoms with Crippen molar-refractivity contribution in [3.8, 4) is 0 Å². The van der Waals surface area contributed by atoms with Crippen molar-refractivity contribution in [3.05, 3.63) is 0 Å². The molecule has 0 heteroatoms. The molecule has 1 unspecified atom stereocenters. The minimum absolute atomic E-state index is 0.541. The molecule has 12 heavy (non-hydrogen) atoms. The van der Waals surface area contributed by atoms with Gasteiger partial charge in [0, 0.05) is 0 Å². The maximum atomic E-state index is 2.41. The van der Waals surface area contributed by atoms with Gasteiger partial charge in [0.2, 0.25) is 0 Å². The predicted octanol–water partition coefficient (Wildman–Crippen LogP) is 4.49. The summed E-state index contributed by atoms with van der Waals surface area (Å²) in [7, 11) is 0. The van der Waals surface area contributed by atoms with Crippen LogP contribution in [0.1, 0.15) is 60.8 Å². The minimum Gasteiger partial charge on any atom is -0.0654 e. The summed E-state index contributed by atoms with van der Waals surface area (Å²) in [6.07, 6.45) is 4.04. The summed E-state index contributed by atoms with van der Waals surface area (Å²) in [6, 6.07) is 0. The van der Waals surface area contributed by atoms with E-state index in [1.807, 2.05) is 0 Å². The molecular formula is C12H26. The molecule has 0 bridgehead atoms. The van der Waals surface area contributed by atoms with Gasteiger partial charge in [0.05, 0.1) is 0 Å². The highest BCUT2D eigenvalue weighted by Gasteiger charge is 2.24. The van der Waals surface area contributed by atoms with E-state index in [1.165, 1.54) is 19.3 Å². The van der Waals surface area contributed by atoms with E-state index < -0.39 is 0 Å². The monoisotopic (exact) mass is 170 g/mol. The molecule has 0 saturated carbocycles. The van der Waals surface area contributed by atoms with Gasteiger partial charge < -0.3 is 0 Å². The highest BCUT2D eigenvalue weighted by atomic mass is 14.3. The molecule has 0 aliphatic rings. The van der Waals surface area contributed by atoms with Crippen molar-refractivity contribution in [3.63, 3.8) is 0 Å². The van der Waals surface area contributed by atoms with Crippen LogP contribution in [-0.2, 0) is 0 Å². The third-order valence-electron chi connectivity index (χ3n) is 3.05. The van der Waals surface area contributed by atoms with Gasteiger partial charge in [-0.15, -0.1) is 0 Å². The molecule has 0 saturated heterocycles. The van der Waals surface area contributed by atoms with Crippen molar-refractivity contribution in [2.75, 3.05) is 0 Å². The Bertz CT molecular complexity index is 111. The molecule has 0 aromatic rings. The van der Waals surface area contributed by atoms with E-state index in [0.29, 0.717) is 5.41 Å². The molecule has 0 fully saturated rings. The third-order valence-corrected chi connectivity index (χ3v) is 3.05. The second kappa shape index (κ2) is 4.89. The molecule has 0 N–H and O–H groups in total. The second-order valence-corrected chi connectivity index (χ2v) is 5.27. The van der Waals surface area contributed by atoms with Gasteiger partial charge in [-0.25, -0.2) is 0 Å². The van der Waals surface area contributed by atoms with Crippen LogP contribution >= 0.6 is 0 Å². The molecule has 0 aromatic carbocycles. The molecule has 0 heterocycles. The Balaban J connectivity index is 3.96. The molecule has 0 aromatic heterocycles. The zero-order valence-electron chi connectivity index (χ0n) is 9.78. The molecule has 74 valence electrons. The number of hydrogen-bond donors (Lipinski definition) is 0. The van der Waals surface area contributed by atoms with Crippen LogP contribution in [0.25, 0.3) is 0 Å². The molecule has 0 rings (SSSR count). The standard InChI is InChI=1S/C12H26/c1-7-8-12(5,6)11(4)9-10(2)3/h10-11H,7-9H2,1-6H3. The molecular weight excluding hydrogens is 144 g/mol. The van der Waals surface area contributed by atoms with Crippen LogP contribution in [-0.4, -0.2) is 0 Å². The van der Waals surface area contributed by atoms with Gasteiger partial charge in [0.25, 0.3) is 0 Å². The first-order valence-electron chi connectivity index (χ1n) is 5.40. The highest BCUT2D eigenvalue weighted by Crippen LogP contribution is 2.35. The van der Waals surface area contributed by atoms with Crippen molar-refractivity contribution in [2.24, 2.45) is 17.3 Å². The van der Waals surface area contributed by atoms with Crippen molar-refractivity contribution >= 4 is 0 Å². The molecule has 0 amide bonds. The molecule has 0 nitrogen and oxygen atoms in total. The van der Waals surface area contributed by atoms with Gasteiger partial charge in [-0.05, 0) is 30.1 Å². The Morgan fingerprint density at radius 1 is 1.08 bits per heavy atom. The molecule has 0 aliphatic heterocycles. The smallest absolute Gasteiger partial charge is 0.0329 e. The first-order chi connectivity index (χ1) is 5.40. The average Bonchev–Trinajstić information content (AvgIpc) is 1.85. The lowest BCUT2D eigenvalue weighted by Gasteiger charge is -2.32. The van der Waals surface area contributed by atoms with Crippen LogP contribution in [0.5, 0.6) is 0 Å². The maximum absolute atomic E-state index is 2.41. The lowest BCUT2D eigenvalue weighted by atomic mass is 9.73. The van der Waals surface area contributed by atoms with Gasteiger partial charge in [0.1, 0.15) is 0 Å². The summed E-state index contributed by atoms with van der Waals surface area (Å²) >= 11 is 0. The van der Waals surface area contributed by atoms with E-state index in [9.17, 15) is 0 Å². The van der Waals surface area contributed by atoms with E-state index >= 15 is 0 Å². The van der Waals surface area contributed by atoms with Crippen LogP contribution in [0, 0.1) is 17.3 Å². The number of rotatable bonds is 5. The highest BCUT2D eigenvalue weighted by molar-refractivity contribution is 4.75. The summed E-state index contributed by atoms with van der Waals surface area (Å²) in [6.45, 7) is 14.1. The van der Waals surface area contributed by atoms with E-state index in [4.69, 9.17) is 0 Å². The van der Waals surface area contributed by atoms with Crippen molar-refractivity contribution < 1.29 is 0 Å². The van der Waals surface area contributed by atoms with Crippen LogP contribution in [0.2, 0.25) is 0 Å². The van der Waals surface area contributed by atoms with Gasteiger partial charge >= 0.3 is 0 Å². The van der Waals surface area contributed by atoms with Crippen LogP contribution in [0.15, 0.2) is 0 Å². The van der Waals surface area contributed by atoms with E-state index in [-0.39, 0.29) is 0 Å². The lowest BCUT2D eigenvalue weighted by molar-refractivity contribution is 0.182. The maximum Gasteiger partial charge on any atom is -0.0329 e. The molecule has 0 radical (unpaired) electrons. The first kappa shape index (κ1) is 12.0. The average molecular weight is 170 g/mol. The predicted molar refractivity (Wildman–Crippen MR) is 57.3 cm³/mol. The molecule has 0 spiro atoms. The second-order valence-electron chi connectivity index (χ2n) is 5.27. The Morgan fingerprint density at radius 3 is 1.92 bits per heavy atom. The van der Waals surface area contributed by atoms with Gasteiger partial charge in [-0.1, -0.05) is 48.0 Å². The summed E-state index contributed by atoms with van der Waals surface area (Å²) in [5.74, 6) is 1.70. The quantitative estimate of drug-likeness (QED) is 0.570. The fourth-order valence-electron chi connectivity index (χ4n) is 1.92. The SMILES string of the molecule is CCCC(C)(C)C(C)CC(C)C. The molecule has 0 aliphatic carbocycles. The number of hydrogen-bond acceptors (Lipinski definition) is 0. The first-order valence-corrected chi connectivity index (χ1v) is 5.40. The zero-order valence-corrected chi connectivity index (χ0v) is 9.78. The summed E-state index contributed by atoms with van der Waals surface area (Å²) in [5, 5.41) is 0. The van der Waals surface area contributed by atoms with Crippen molar-refractivity contribution in [1.82, 2.24) is 0 Å². The fraction of sp³-hybridized carbons (Fsp3) is 1.00. The summed E-state index contributed by atoms with van der Waals surface area (Å²) in [5.41, 5.74) is 0.541. The summed E-state index contributed by atoms with van der Waals surface area (Å²) < 4.78 is 0. The Labute approximate surface area is 78.8 Å². The van der Waals surface area contributed by atoms with Gasteiger partial charge in [0.15, 0.2) is 0 Å². The Morgan fingerprint density at radius 2 is 1.58 bits per heavy atom. The largest absolute Gasteiger partial charge is 0.0654 e. The van der Waals surface area contributed by atoms with E-state index in [2.05, 4.69) is 41.5 Å². The third kappa shape index (κ3) is 4.13. The molecule has 1 atom stereocenters. The Kier molecular flexibility index (Phi) is 4.89. The van der Waals surface area contributed by atoms with Crippen LogP contribution < -0.4 is 0 Å². The topological polar surface area (TPSA) is 0 Å². The van der Waals surface area contributed by atoms with E-state index in [0.717, 1.165) is 11.8 Å². The normalized spacial score (nSPS) is 15.2. The van der Waals surface area contributed by atoms with Crippen molar-refractivity contribution in [2.45, 2.75) is 60.8 Å². The minimum atomic E-state index is 0.541.